The van der Waals surface area contributed by atoms with E-state index in [-0.39, 0.29) is 17.4 Å². The third-order valence-electron chi connectivity index (χ3n) is 4.47. The molecule has 1 saturated heterocycles. The number of nitrogens with one attached hydrogen (secondary N) is 1. The number of aryl methyl sites for hydroxylation is 2. The molecule has 1 fully saturated rings. The highest BCUT2D eigenvalue weighted by atomic mass is 16.5. The van der Waals surface area contributed by atoms with E-state index >= 15 is 0 Å². The van der Waals surface area contributed by atoms with Gasteiger partial charge in [0, 0.05) is 25.5 Å². The summed E-state index contributed by atoms with van der Waals surface area (Å²) in [5, 5.41) is 11.5. The Labute approximate surface area is 147 Å². The third-order valence-corrected chi connectivity index (χ3v) is 4.47. The van der Waals surface area contributed by atoms with Gasteiger partial charge in [0.15, 0.2) is 5.82 Å². The van der Waals surface area contributed by atoms with Gasteiger partial charge in [-0.15, -0.1) is 0 Å². The lowest BCUT2D eigenvalue weighted by Gasteiger charge is -2.21. The molecule has 0 spiro atoms. The van der Waals surface area contributed by atoms with Gasteiger partial charge in [0.1, 0.15) is 5.82 Å². The standard InChI is InChI=1S/C17H26N6O2/c1-11-18-16(21-25-11)12-7-6-8-23(12)10-15(24)19-14-9-13(17(2,3)4)20-22(14)5/h9,12H,6-8,10H2,1-5H3,(H,19,24). The van der Waals surface area contributed by atoms with E-state index in [4.69, 9.17) is 4.52 Å². The second-order valence-electron chi connectivity index (χ2n) is 7.64. The van der Waals surface area contributed by atoms with Crippen LogP contribution in [0, 0.1) is 6.92 Å². The molecule has 1 aliphatic heterocycles. The van der Waals surface area contributed by atoms with E-state index in [9.17, 15) is 4.79 Å². The zero-order valence-corrected chi connectivity index (χ0v) is 15.5. The van der Waals surface area contributed by atoms with Crippen LogP contribution in [0.2, 0.25) is 0 Å². The fourth-order valence-corrected chi connectivity index (χ4v) is 3.08. The van der Waals surface area contributed by atoms with Crippen LogP contribution in [-0.2, 0) is 17.3 Å². The molecule has 0 bridgehead atoms. The minimum atomic E-state index is -0.0597. The van der Waals surface area contributed by atoms with Crippen molar-refractivity contribution in [3.8, 4) is 0 Å². The van der Waals surface area contributed by atoms with Crippen molar-refractivity contribution in [1.82, 2.24) is 24.8 Å². The second kappa shape index (κ2) is 6.59. The highest BCUT2D eigenvalue weighted by Crippen LogP contribution is 2.30. The Morgan fingerprint density at radius 2 is 2.20 bits per heavy atom. The highest BCUT2D eigenvalue weighted by molar-refractivity contribution is 5.91. The van der Waals surface area contributed by atoms with Crippen LogP contribution in [0.25, 0.3) is 0 Å². The van der Waals surface area contributed by atoms with Gasteiger partial charge in [-0.05, 0) is 19.4 Å². The van der Waals surface area contributed by atoms with Crippen molar-refractivity contribution in [2.45, 2.75) is 52.0 Å². The summed E-state index contributed by atoms with van der Waals surface area (Å²) in [6, 6.07) is 1.97. The molecule has 3 heterocycles. The van der Waals surface area contributed by atoms with Crippen molar-refractivity contribution >= 4 is 11.7 Å². The lowest BCUT2D eigenvalue weighted by molar-refractivity contribution is -0.117. The molecule has 1 aliphatic rings. The fourth-order valence-electron chi connectivity index (χ4n) is 3.08. The maximum Gasteiger partial charge on any atom is 0.239 e. The molecule has 8 nitrogen and oxygen atoms in total. The molecule has 25 heavy (non-hydrogen) atoms. The normalized spacial score (nSPS) is 18.7. The van der Waals surface area contributed by atoms with E-state index in [0.29, 0.717) is 24.1 Å². The number of anilines is 1. The Morgan fingerprint density at radius 1 is 1.44 bits per heavy atom. The van der Waals surface area contributed by atoms with Gasteiger partial charge in [0.25, 0.3) is 0 Å². The Morgan fingerprint density at radius 3 is 2.80 bits per heavy atom. The van der Waals surface area contributed by atoms with Gasteiger partial charge in [-0.25, -0.2) is 0 Å². The van der Waals surface area contributed by atoms with Crippen molar-refractivity contribution in [2.24, 2.45) is 7.05 Å². The SMILES string of the molecule is Cc1nc(C2CCCN2CC(=O)Nc2cc(C(C)(C)C)nn2C)no1. The number of rotatable bonds is 4. The van der Waals surface area contributed by atoms with Crippen LogP contribution in [0.5, 0.6) is 0 Å². The van der Waals surface area contributed by atoms with Crippen molar-refractivity contribution in [3.05, 3.63) is 23.5 Å². The Balaban J connectivity index is 1.65. The van der Waals surface area contributed by atoms with Gasteiger partial charge >= 0.3 is 0 Å². The molecule has 3 rings (SSSR count). The smallest absolute Gasteiger partial charge is 0.239 e. The topological polar surface area (TPSA) is 89.1 Å². The number of hydrogen-bond donors (Lipinski definition) is 1. The molecular weight excluding hydrogens is 320 g/mol. The van der Waals surface area contributed by atoms with Gasteiger partial charge in [-0.1, -0.05) is 25.9 Å². The van der Waals surface area contributed by atoms with E-state index < -0.39 is 0 Å². The summed E-state index contributed by atoms with van der Waals surface area (Å²) in [5.74, 6) is 1.87. The van der Waals surface area contributed by atoms with Crippen molar-refractivity contribution in [1.29, 1.82) is 0 Å². The van der Waals surface area contributed by atoms with E-state index in [0.717, 1.165) is 25.1 Å². The first-order valence-electron chi connectivity index (χ1n) is 8.62. The predicted molar refractivity (Wildman–Crippen MR) is 93.1 cm³/mol. The van der Waals surface area contributed by atoms with Crippen molar-refractivity contribution in [2.75, 3.05) is 18.4 Å². The number of carbonyl (C=O) groups excluding carboxylic acids is 1. The lowest BCUT2D eigenvalue weighted by atomic mass is 9.92. The predicted octanol–water partition coefficient (Wildman–Crippen LogP) is 2.18. The summed E-state index contributed by atoms with van der Waals surface area (Å²) < 4.78 is 6.79. The van der Waals surface area contributed by atoms with E-state index in [1.165, 1.54) is 0 Å². The average molecular weight is 346 g/mol. The van der Waals surface area contributed by atoms with Gasteiger partial charge in [-0.2, -0.15) is 10.1 Å². The monoisotopic (exact) mass is 346 g/mol. The first-order chi connectivity index (χ1) is 11.7. The van der Waals surface area contributed by atoms with Crippen LogP contribution < -0.4 is 5.32 Å². The minimum Gasteiger partial charge on any atom is -0.340 e. The van der Waals surface area contributed by atoms with Gasteiger partial charge < -0.3 is 9.84 Å². The molecule has 0 radical (unpaired) electrons. The number of amides is 1. The number of carbonyl (C=O) groups is 1. The number of likely N-dealkylation sites (tertiary alicyclic amines) is 1. The Kier molecular flexibility index (Phi) is 4.64. The first-order valence-corrected chi connectivity index (χ1v) is 8.62. The van der Waals surface area contributed by atoms with Crippen LogP contribution in [0.1, 0.15) is 57.1 Å². The van der Waals surface area contributed by atoms with Crippen molar-refractivity contribution in [3.63, 3.8) is 0 Å². The highest BCUT2D eigenvalue weighted by Gasteiger charge is 2.31. The summed E-state index contributed by atoms with van der Waals surface area (Å²) in [6.07, 6.45) is 1.96. The molecule has 136 valence electrons. The maximum atomic E-state index is 12.5. The van der Waals surface area contributed by atoms with Gasteiger partial charge in [0.05, 0.1) is 18.3 Å². The van der Waals surface area contributed by atoms with E-state index in [1.807, 2.05) is 13.1 Å². The van der Waals surface area contributed by atoms with E-state index in [1.54, 1.807) is 11.6 Å². The summed E-state index contributed by atoms with van der Waals surface area (Å²) >= 11 is 0. The van der Waals surface area contributed by atoms with Crippen LogP contribution in [0.4, 0.5) is 5.82 Å². The summed E-state index contributed by atoms with van der Waals surface area (Å²) in [6.45, 7) is 9.23. The summed E-state index contributed by atoms with van der Waals surface area (Å²) in [7, 11) is 1.84. The molecule has 0 saturated carbocycles. The average Bonchev–Trinajstić information content (AvgIpc) is 3.20. The summed E-state index contributed by atoms with van der Waals surface area (Å²) in [4.78, 5) is 18.9. The molecule has 8 heteroatoms. The third kappa shape index (κ3) is 3.89. The first kappa shape index (κ1) is 17.6. The Hall–Kier alpha value is -2.22. The number of aromatic nitrogens is 4. The number of hydrogen-bond acceptors (Lipinski definition) is 6. The number of nitrogens with zero attached hydrogens (tertiary/aromatic N) is 5. The van der Waals surface area contributed by atoms with Crippen LogP contribution in [0.3, 0.4) is 0 Å². The molecule has 0 aromatic carbocycles. The Bertz CT molecular complexity index is 758. The summed E-state index contributed by atoms with van der Waals surface area (Å²) in [5.41, 5.74) is 0.892. The molecule has 2 aromatic rings. The maximum absolute atomic E-state index is 12.5. The second-order valence-corrected chi connectivity index (χ2v) is 7.64. The molecule has 2 aromatic heterocycles. The minimum absolute atomic E-state index is 0.0415. The zero-order chi connectivity index (χ0) is 18.2. The van der Waals surface area contributed by atoms with Gasteiger partial charge in [-0.3, -0.25) is 14.4 Å². The fraction of sp³-hybridized carbons (Fsp3) is 0.647. The molecule has 0 aliphatic carbocycles. The van der Waals surface area contributed by atoms with E-state index in [2.05, 4.69) is 46.2 Å². The van der Waals surface area contributed by atoms with Crippen molar-refractivity contribution < 1.29 is 9.32 Å². The lowest BCUT2D eigenvalue weighted by Crippen LogP contribution is -2.33. The zero-order valence-electron chi connectivity index (χ0n) is 15.5. The van der Waals surface area contributed by atoms with Gasteiger partial charge in [0.2, 0.25) is 11.8 Å². The molecular formula is C17H26N6O2. The molecule has 1 amide bonds. The van der Waals surface area contributed by atoms with Crippen LogP contribution >= 0.6 is 0 Å². The molecule has 1 atom stereocenters. The van der Waals surface area contributed by atoms with Crippen LogP contribution in [-0.4, -0.2) is 43.8 Å². The van der Waals surface area contributed by atoms with Crippen LogP contribution in [0.15, 0.2) is 10.6 Å². The molecule has 1 unspecified atom stereocenters. The quantitative estimate of drug-likeness (QED) is 0.913. The molecule has 1 N–H and O–H groups in total. The largest absolute Gasteiger partial charge is 0.340 e.